The Kier molecular flexibility index (Phi) is 5.09. The highest BCUT2D eigenvalue weighted by Crippen LogP contribution is 2.22. The predicted molar refractivity (Wildman–Crippen MR) is 96.5 cm³/mol. The number of aromatic nitrogens is 3. The lowest BCUT2D eigenvalue weighted by atomic mass is 10.1. The summed E-state index contributed by atoms with van der Waals surface area (Å²) < 4.78 is 7.20. The van der Waals surface area contributed by atoms with Crippen LogP contribution in [0.25, 0.3) is 11.4 Å². The minimum absolute atomic E-state index is 0.199. The van der Waals surface area contributed by atoms with Gasteiger partial charge in [0.15, 0.2) is 23.3 Å². The van der Waals surface area contributed by atoms with Crippen molar-refractivity contribution < 1.29 is 9.53 Å². The molecule has 0 N–H and O–H groups in total. The molecule has 0 spiro atoms. The maximum atomic E-state index is 12.5. The molecule has 1 aromatic heterocycles. The molecular formula is C20H18N4O2. The predicted octanol–water partition coefficient (Wildman–Crippen LogP) is 3.05. The van der Waals surface area contributed by atoms with Gasteiger partial charge in [0.2, 0.25) is 0 Å². The molecule has 0 aliphatic carbocycles. The van der Waals surface area contributed by atoms with E-state index in [0.717, 1.165) is 11.1 Å². The Balaban J connectivity index is 1.78. The Morgan fingerprint density at radius 1 is 1.19 bits per heavy atom. The second kappa shape index (κ2) is 7.62. The fourth-order valence-corrected chi connectivity index (χ4v) is 2.65. The van der Waals surface area contributed by atoms with E-state index in [1.807, 2.05) is 61.5 Å². The van der Waals surface area contributed by atoms with E-state index in [0.29, 0.717) is 17.4 Å². The topological polar surface area (TPSA) is 80.8 Å². The van der Waals surface area contributed by atoms with E-state index in [9.17, 15) is 10.1 Å². The fourth-order valence-electron chi connectivity index (χ4n) is 2.65. The summed E-state index contributed by atoms with van der Waals surface area (Å²) in [5, 5.41) is 17.7. The summed E-state index contributed by atoms with van der Waals surface area (Å²) in [4.78, 5) is 12.5. The maximum Gasteiger partial charge on any atom is 0.195 e. The van der Waals surface area contributed by atoms with Crippen LogP contribution in [0.4, 0.5) is 0 Å². The summed E-state index contributed by atoms with van der Waals surface area (Å²) in [6, 6.07) is 18.9. The molecule has 0 aliphatic heterocycles. The Morgan fingerprint density at radius 3 is 2.65 bits per heavy atom. The third-order valence-corrected chi connectivity index (χ3v) is 4.02. The molecular weight excluding hydrogens is 328 g/mol. The lowest BCUT2D eigenvalue weighted by Crippen LogP contribution is -2.21. The van der Waals surface area contributed by atoms with Crippen LogP contribution in [0.5, 0.6) is 5.75 Å². The van der Waals surface area contributed by atoms with Crippen LogP contribution in [-0.2, 0) is 11.8 Å². The summed E-state index contributed by atoms with van der Waals surface area (Å²) >= 11 is 0. The summed E-state index contributed by atoms with van der Waals surface area (Å²) in [6.07, 6.45) is 0. The first-order valence-electron chi connectivity index (χ1n) is 8.16. The van der Waals surface area contributed by atoms with Crippen LogP contribution in [0.2, 0.25) is 0 Å². The smallest absolute Gasteiger partial charge is 0.195 e. The Morgan fingerprint density at radius 2 is 1.96 bits per heavy atom. The zero-order chi connectivity index (χ0) is 18.5. The molecule has 0 bridgehead atoms. The molecule has 6 heteroatoms. The number of rotatable bonds is 6. The zero-order valence-electron chi connectivity index (χ0n) is 14.6. The number of benzene rings is 2. The first-order chi connectivity index (χ1) is 12.6. The van der Waals surface area contributed by atoms with E-state index in [1.165, 1.54) is 0 Å². The summed E-state index contributed by atoms with van der Waals surface area (Å²) in [7, 11) is 1.75. The van der Waals surface area contributed by atoms with Gasteiger partial charge in [0, 0.05) is 12.6 Å². The van der Waals surface area contributed by atoms with Crippen LogP contribution in [0.15, 0.2) is 54.6 Å². The van der Waals surface area contributed by atoms with Crippen LogP contribution >= 0.6 is 0 Å². The number of hydrogen-bond acceptors (Lipinski definition) is 5. The number of hydrogen-bond donors (Lipinski definition) is 0. The van der Waals surface area contributed by atoms with Crippen molar-refractivity contribution in [1.29, 1.82) is 5.26 Å². The monoisotopic (exact) mass is 346 g/mol. The first kappa shape index (κ1) is 17.4. The minimum Gasteiger partial charge on any atom is -0.486 e. The number of carbonyl (C=O) groups excluding carboxylic acids is 1. The van der Waals surface area contributed by atoms with E-state index < -0.39 is 5.92 Å². The van der Waals surface area contributed by atoms with Crippen molar-refractivity contribution >= 4 is 5.78 Å². The van der Waals surface area contributed by atoms with Crippen molar-refractivity contribution in [3.63, 3.8) is 0 Å². The minimum atomic E-state index is -1.03. The molecule has 0 saturated heterocycles. The third kappa shape index (κ3) is 3.62. The molecule has 26 heavy (non-hydrogen) atoms. The number of Topliss-reactive ketones (excluding diaryl/α,β-unsaturated/α-hetero) is 1. The van der Waals surface area contributed by atoms with Gasteiger partial charge in [0.05, 0.1) is 6.07 Å². The van der Waals surface area contributed by atoms with Crippen molar-refractivity contribution in [3.05, 3.63) is 66.0 Å². The second-order valence-electron chi connectivity index (χ2n) is 5.94. The fraction of sp³-hybridized carbons (Fsp3) is 0.200. The Labute approximate surface area is 151 Å². The van der Waals surface area contributed by atoms with Crippen LogP contribution in [-0.4, -0.2) is 27.2 Å². The van der Waals surface area contributed by atoms with Crippen LogP contribution in [0.1, 0.15) is 17.3 Å². The molecule has 1 heterocycles. The molecule has 0 aliphatic rings. The maximum absolute atomic E-state index is 12.5. The SMILES string of the molecule is Cc1cccc(OCC(=O)[C@@H](C#N)c2nnc(-c3ccccc3)n2C)c1. The Bertz CT molecular complexity index is 957. The Hall–Kier alpha value is -3.46. The molecule has 130 valence electrons. The molecule has 1 atom stereocenters. The highest BCUT2D eigenvalue weighted by atomic mass is 16.5. The molecule has 6 nitrogen and oxygen atoms in total. The molecule has 3 aromatic rings. The number of nitriles is 1. The van der Waals surface area contributed by atoms with Gasteiger partial charge in [-0.15, -0.1) is 10.2 Å². The van der Waals surface area contributed by atoms with Crippen molar-refractivity contribution in [2.75, 3.05) is 6.61 Å². The molecule has 0 saturated carbocycles. The highest BCUT2D eigenvalue weighted by molar-refractivity contribution is 5.89. The van der Waals surface area contributed by atoms with Gasteiger partial charge in [0.1, 0.15) is 12.4 Å². The third-order valence-electron chi connectivity index (χ3n) is 4.02. The van der Waals surface area contributed by atoms with Crippen molar-refractivity contribution in [2.45, 2.75) is 12.8 Å². The van der Waals surface area contributed by atoms with Crippen molar-refractivity contribution in [2.24, 2.45) is 7.05 Å². The quantitative estimate of drug-likeness (QED) is 0.685. The van der Waals surface area contributed by atoms with Crippen LogP contribution in [0, 0.1) is 18.3 Å². The van der Waals surface area contributed by atoms with Gasteiger partial charge in [-0.3, -0.25) is 4.79 Å². The van der Waals surface area contributed by atoms with Gasteiger partial charge in [-0.1, -0.05) is 42.5 Å². The van der Waals surface area contributed by atoms with Crippen molar-refractivity contribution in [1.82, 2.24) is 14.8 Å². The summed E-state index contributed by atoms with van der Waals surface area (Å²) in [5.41, 5.74) is 1.90. The molecule has 0 fully saturated rings. The molecule has 0 amide bonds. The van der Waals surface area contributed by atoms with Crippen molar-refractivity contribution in [3.8, 4) is 23.2 Å². The highest BCUT2D eigenvalue weighted by Gasteiger charge is 2.27. The molecule has 0 radical (unpaired) electrons. The number of nitrogens with zero attached hydrogens (tertiary/aromatic N) is 4. The van der Waals surface area contributed by atoms with E-state index in [1.54, 1.807) is 17.7 Å². The van der Waals surface area contributed by atoms with Gasteiger partial charge in [0.25, 0.3) is 0 Å². The van der Waals surface area contributed by atoms with Gasteiger partial charge in [-0.25, -0.2) is 0 Å². The number of ketones is 1. The average molecular weight is 346 g/mol. The van der Waals surface area contributed by atoms with E-state index >= 15 is 0 Å². The van der Waals surface area contributed by atoms with Gasteiger partial charge < -0.3 is 9.30 Å². The van der Waals surface area contributed by atoms with Gasteiger partial charge >= 0.3 is 0 Å². The van der Waals surface area contributed by atoms with E-state index in [-0.39, 0.29) is 12.4 Å². The summed E-state index contributed by atoms with van der Waals surface area (Å²) in [5.74, 6) is 0.120. The lowest BCUT2D eigenvalue weighted by molar-refractivity contribution is -0.121. The number of carbonyl (C=O) groups is 1. The lowest BCUT2D eigenvalue weighted by Gasteiger charge is -2.10. The molecule has 0 unspecified atom stereocenters. The standard InChI is InChI=1S/C20H18N4O2/c1-14-7-6-10-16(11-14)26-13-18(25)17(12-21)20-23-22-19(24(20)2)15-8-4-3-5-9-15/h3-11,17H,13H2,1-2H3/t17-/m1/s1. The number of ether oxygens (including phenoxy) is 1. The van der Waals surface area contributed by atoms with E-state index in [2.05, 4.69) is 10.2 Å². The molecule has 2 aromatic carbocycles. The largest absolute Gasteiger partial charge is 0.486 e. The van der Waals surface area contributed by atoms with Gasteiger partial charge in [-0.05, 0) is 24.6 Å². The second-order valence-corrected chi connectivity index (χ2v) is 5.94. The number of aryl methyl sites for hydroxylation is 1. The molecule has 3 rings (SSSR count). The zero-order valence-corrected chi connectivity index (χ0v) is 14.6. The normalized spacial score (nSPS) is 11.6. The summed E-state index contributed by atoms with van der Waals surface area (Å²) in [6.45, 7) is 1.74. The van der Waals surface area contributed by atoms with Crippen LogP contribution in [0.3, 0.4) is 0 Å². The van der Waals surface area contributed by atoms with E-state index in [4.69, 9.17) is 4.74 Å². The first-order valence-corrected chi connectivity index (χ1v) is 8.16. The van der Waals surface area contributed by atoms with Crippen LogP contribution < -0.4 is 4.74 Å². The van der Waals surface area contributed by atoms with Gasteiger partial charge in [-0.2, -0.15) is 5.26 Å². The average Bonchev–Trinajstić information content (AvgIpc) is 3.03.